The van der Waals surface area contributed by atoms with Crippen molar-refractivity contribution >= 4 is 5.91 Å². The number of benzene rings is 1. The highest BCUT2D eigenvalue weighted by Crippen LogP contribution is 2.29. The number of carbonyl (C=O) groups is 1. The Morgan fingerprint density at radius 2 is 1.97 bits per heavy atom. The van der Waals surface area contributed by atoms with Crippen LogP contribution in [0.5, 0.6) is 5.75 Å². The Balaban J connectivity index is 1.56. The van der Waals surface area contributed by atoms with Gasteiger partial charge in [0.2, 0.25) is 0 Å². The van der Waals surface area contributed by atoms with E-state index in [1.165, 1.54) is 11.1 Å². The van der Waals surface area contributed by atoms with Gasteiger partial charge in [0, 0.05) is 39.1 Å². The Kier molecular flexibility index (Phi) is 7.76. The second-order valence-electron chi connectivity index (χ2n) is 8.90. The Hall–Kier alpha value is -2.44. The van der Waals surface area contributed by atoms with Crippen molar-refractivity contribution in [3.8, 4) is 5.75 Å². The molecule has 0 N–H and O–H groups in total. The van der Waals surface area contributed by atoms with Crippen LogP contribution < -0.4 is 4.74 Å². The third-order valence-corrected chi connectivity index (χ3v) is 6.82. The fraction of sp³-hybridized carbons (Fsp3) is 0.538. The predicted octanol–water partition coefficient (Wildman–Crippen LogP) is 4.07. The zero-order valence-corrected chi connectivity index (χ0v) is 19.3. The fourth-order valence-corrected chi connectivity index (χ4v) is 4.98. The Morgan fingerprint density at radius 1 is 1.09 bits per heavy atom. The molecule has 4 rings (SSSR count). The number of fused-ring (bicyclic) bond motifs is 2. The largest absolute Gasteiger partial charge is 0.491 e. The molecule has 2 aromatic rings. The number of rotatable bonds is 3. The number of amides is 1. The summed E-state index contributed by atoms with van der Waals surface area (Å²) < 4.78 is 12.0. The highest BCUT2D eigenvalue weighted by atomic mass is 16.5. The van der Waals surface area contributed by atoms with Crippen molar-refractivity contribution in [2.24, 2.45) is 0 Å². The van der Waals surface area contributed by atoms with Crippen molar-refractivity contribution in [3.63, 3.8) is 0 Å². The van der Waals surface area contributed by atoms with Crippen LogP contribution >= 0.6 is 0 Å². The van der Waals surface area contributed by atoms with Crippen LogP contribution in [0.1, 0.15) is 53.6 Å². The molecular formula is C26H35N3O3. The first-order valence-corrected chi connectivity index (χ1v) is 11.8. The summed E-state index contributed by atoms with van der Waals surface area (Å²) in [6.07, 6.45) is 9.01. The van der Waals surface area contributed by atoms with Gasteiger partial charge in [-0.15, -0.1) is 0 Å². The molecule has 1 amide bonds. The summed E-state index contributed by atoms with van der Waals surface area (Å²) in [4.78, 5) is 22.3. The lowest BCUT2D eigenvalue weighted by atomic mass is 9.93. The van der Waals surface area contributed by atoms with Gasteiger partial charge in [0.1, 0.15) is 12.4 Å². The monoisotopic (exact) mass is 437 g/mol. The quantitative estimate of drug-likeness (QED) is 0.724. The molecule has 2 atom stereocenters. The summed E-state index contributed by atoms with van der Waals surface area (Å²) >= 11 is 0. The molecule has 1 fully saturated rings. The van der Waals surface area contributed by atoms with E-state index in [9.17, 15) is 4.79 Å². The maximum Gasteiger partial charge on any atom is 0.257 e. The molecule has 2 aliphatic heterocycles. The van der Waals surface area contributed by atoms with Crippen LogP contribution in [0.25, 0.3) is 0 Å². The van der Waals surface area contributed by atoms with Gasteiger partial charge in [-0.05, 0) is 68.5 Å². The first-order chi connectivity index (χ1) is 15.7. The maximum atomic E-state index is 13.6. The number of aromatic nitrogens is 1. The topological polar surface area (TPSA) is 54.9 Å². The Labute approximate surface area is 191 Å². The second-order valence-corrected chi connectivity index (χ2v) is 8.90. The summed E-state index contributed by atoms with van der Waals surface area (Å²) in [6.45, 7) is 6.16. The van der Waals surface area contributed by atoms with Crippen LogP contribution in [0.15, 0.2) is 42.7 Å². The van der Waals surface area contributed by atoms with Crippen LogP contribution in [0.2, 0.25) is 0 Å². The van der Waals surface area contributed by atoms with E-state index in [0.717, 1.165) is 58.3 Å². The molecule has 172 valence electrons. The number of aryl methyl sites for hydroxylation is 1. The number of piperidine rings is 1. The normalized spacial score (nSPS) is 23.2. The number of para-hydroxylation sites is 1. The molecule has 0 aliphatic carbocycles. The van der Waals surface area contributed by atoms with Crippen LogP contribution in [0, 0.1) is 6.92 Å². The van der Waals surface area contributed by atoms with E-state index in [1.54, 1.807) is 7.11 Å². The van der Waals surface area contributed by atoms with Gasteiger partial charge in [0.15, 0.2) is 0 Å². The zero-order valence-electron chi connectivity index (χ0n) is 19.3. The molecule has 1 aromatic carbocycles. The summed E-state index contributed by atoms with van der Waals surface area (Å²) in [5.74, 6) is 0.742. The van der Waals surface area contributed by atoms with Crippen LogP contribution in [0.3, 0.4) is 0 Å². The zero-order chi connectivity index (χ0) is 22.3. The number of hydrogen-bond donors (Lipinski definition) is 0. The Bertz CT molecular complexity index is 903. The first-order valence-electron chi connectivity index (χ1n) is 11.8. The lowest BCUT2D eigenvalue weighted by Gasteiger charge is -2.41. The number of methoxy groups -OCH3 is 1. The van der Waals surface area contributed by atoms with E-state index in [2.05, 4.69) is 22.9 Å². The van der Waals surface area contributed by atoms with Gasteiger partial charge in [-0.2, -0.15) is 0 Å². The molecule has 32 heavy (non-hydrogen) atoms. The van der Waals surface area contributed by atoms with Gasteiger partial charge in [-0.1, -0.05) is 18.6 Å². The van der Waals surface area contributed by atoms with Gasteiger partial charge in [0.05, 0.1) is 17.7 Å². The molecule has 6 heteroatoms. The maximum absolute atomic E-state index is 13.6. The standard InChI is InChI=1S/C26H35N3O3/c1-20-18-27-13-12-21(20)19-28-14-6-5-9-23-25(31-2)11-7-15-29(23)26(30)22-8-3-4-10-24(22)32-17-16-28/h3-4,8,10,12-13,18,23,25H,5-7,9,11,14-17,19H2,1-2H3/t23-,25-/m1/s1. The molecule has 2 aliphatic rings. The number of carbonyl (C=O) groups excluding carboxylic acids is 1. The average molecular weight is 438 g/mol. The van der Waals surface area contributed by atoms with Gasteiger partial charge < -0.3 is 14.4 Å². The number of hydrogen-bond acceptors (Lipinski definition) is 5. The van der Waals surface area contributed by atoms with Gasteiger partial charge in [-0.25, -0.2) is 0 Å². The molecule has 0 radical (unpaired) electrons. The molecule has 1 aromatic heterocycles. The summed E-state index contributed by atoms with van der Waals surface area (Å²) in [5.41, 5.74) is 3.18. The van der Waals surface area contributed by atoms with E-state index in [4.69, 9.17) is 9.47 Å². The van der Waals surface area contributed by atoms with E-state index in [1.807, 2.05) is 41.6 Å². The highest BCUT2D eigenvalue weighted by Gasteiger charge is 2.35. The lowest BCUT2D eigenvalue weighted by molar-refractivity contribution is -0.0155. The number of pyridine rings is 1. The summed E-state index contributed by atoms with van der Waals surface area (Å²) in [7, 11) is 1.77. The molecule has 0 spiro atoms. The molecule has 6 nitrogen and oxygen atoms in total. The average Bonchev–Trinajstić information content (AvgIpc) is 2.83. The SMILES string of the molecule is CO[C@@H]1CCCN2C(=O)c3ccccc3OCCN(Cc3ccncc3C)CCCC[C@H]12. The second kappa shape index (κ2) is 10.9. The minimum atomic E-state index is 0.0656. The fourth-order valence-electron chi connectivity index (χ4n) is 4.98. The first kappa shape index (κ1) is 22.7. The molecule has 0 saturated carbocycles. The highest BCUT2D eigenvalue weighted by molar-refractivity contribution is 5.97. The molecule has 1 saturated heterocycles. The van der Waals surface area contributed by atoms with E-state index >= 15 is 0 Å². The van der Waals surface area contributed by atoms with E-state index in [-0.39, 0.29) is 18.1 Å². The van der Waals surface area contributed by atoms with Crippen LogP contribution in [-0.4, -0.2) is 66.2 Å². The van der Waals surface area contributed by atoms with Gasteiger partial charge >= 0.3 is 0 Å². The van der Waals surface area contributed by atoms with Crippen molar-refractivity contribution in [2.75, 3.05) is 33.4 Å². The predicted molar refractivity (Wildman–Crippen MR) is 125 cm³/mol. The smallest absolute Gasteiger partial charge is 0.257 e. The molecular weight excluding hydrogens is 402 g/mol. The van der Waals surface area contributed by atoms with Crippen LogP contribution in [0.4, 0.5) is 0 Å². The van der Waals surface area contributed by atoms with E-state index < -0.39 is 0 Å². The number of ether oxygens (including phenoxy) is 2. The van der Waals surface area contributed by atoms with Crippen molar-refractivity contribution < 1.29 is 14.3 Å². The van der Waals surface area contributed by atoms with E-state index in [0.29, 0.717) is 17.9 Å². The van der Waals surface area contributed by atoms with Crippen molar-refractivity contribution in [1.29, 1.82) is 0 Å². The Morgan fingerprint density at radius 3 is 2.81 bits per heavy atom. The third-order valence-electron chi connectivity index (χ3n) is 6.82. The summed E-state index contributed by atoms with van der Waals surface area (Å²) in [5, 5.41) is 0. The van der Waals surface area contributed by atoms with Crippen LogP contribution in [-0.2, 0) is 11.3 Å². The van der Waals surface area contributed by atoms with Crippen molar-refractivity contribution in [3.05, 3.63) is 59.4 Å². The molecule has 3 heterocycles. The molecule has 0 bridgehead atoms. The van der Waals surface area contributed by atoms with Crippen molar-refractivity contribution in [1.82, 2.24) is 14.8 Å². The minimum absolute atomic E-state index is 0.0656. The third kappa shape index (κ3) is 5.30. The van der Waals surface area contributed by atoms with Gasteiger partial charge in [-0.3, -0.25) is 14.7 Å². The number of nitrogens with zero attached hydrogens (tertiary/aromatic N) is 3. The lowest BCUT2D eigenvalue weighted by Crippen LogP contribution is -2.51. The molecule has 0 unspecified atom stereocenters. The van der Waals surface area contributed by atoms with Crippen molar-refractivity contribution in [2.45, 2.75) is 57.7 Å². The minimum Gasteiger partial charge on any atom is -0.491 e. The summed E-state index contributed by atoms with van der Waals surface area (Å²) in [6, 6.07) is 9.89. The van der Waals surface area contributed by atoms with Gasteiger partial charge in [0.25, 0.3) is 5.91 Å².